The Hall–Kier alpha value is -3.00. The lowest BCUT2D eigenvalue weighted by atomic mass is 9.98. The molecule has 0 N–H and O–H groups in total. The number of benzene rings is 2. The first-order valence-corrected chi connectivity index (χ1v) is 7.20. The van der Waals surface area contributed by atoms with Crippen molar-refractivity contribution in [1.82, 2.24) is 0 Å². The number of ether oxygens (including phenoxy) is 2. The van der Waals surface area contributed by atoms with E-state index in [0.29, 0.717) is 0 Å². The summed E-state index contributed by atoms with van der Waals surface area (Å²) in [4.78, 5) is 0. The van der Waals surface area contributed by atoms with Crippen molar-refractivity contribution in [1.29, 1.82) is 0 Å². The molecule has 2 aliphatic heterocycles. The lowest BCUT2D eigenvalue weighted by molar-refractivity contribution is 0.279. The van der Waals surface area contributed by atoms with Crippen LogP contribution in [-0.2, 0) is 9.47 Å². The van der Waals surface area contributed by atoms with E-state index in [1.54, 1.807) is 6.26 Å². The van der Waals surface area contributed by atoms with E-state index in [1.165, 1.54) is 0 Å². The van der Waals surface area contributed by atoms with E-state index in [1.807, 2.05) is 54.6 Å². The summed E-state index contributed by atoms with van der Waals surface area (Å²) in [5.41, 5.74) is 3.17. The molecule has 2 heteroatoms. The third-order valence-corrected chi connectivity index (χ3v) is 3.62. The maximum atomic E-state index is 6.14. The minimum absolute atomic E-state index is 0.737. The van der Waals surface area contributed by atoms with Gasteiger partial charge in [-0.3, -0.25) is 0 Å². The first kappa shape index (κ1) is 12.7. The van der Waals surface area contributed by atoms with E-state index in [9.17, 15) is 0 Å². The summed E-state index contributed by atoms with van der Waals surface area (Å²) < 4.78 is 11.7. The molecule has 4 rings (SSSR count). The highest BCUT2D eigenvalue weighted by atomic mass is 16.5. The van der Waals surface area contributed by atoms with Gasteiger partial charge in [-0.15, -0.1) is 0 Å². The van der Waals surface area contributed by atoms with Crippen molar-refractivity contribution in [3.8, 4) is 0 Å². The zero-order valence-electron chi connectivity index (χ0n) is 11.9. The Labute approximate surface area is 129 Å². The molecule has 0 atom stereocenters. The van der Waals surface area contributed by atoms with Crippen LogP contribution in [0.25, 0.3) is 11.3 Å². The van der Waals surface area contributed by atoms with E-state index in [4.69, 9.17) is 9.47 Å². The summed E-state index contributed by atoms with van der Waals surface area (Å²) in [6.45, 7) is 0. The molecule has 0 bridgehead atoms. The van der Waals surface area contributed by atoms with Crippen LogP contribution < -0.4 is 0 Å². The topological polar surface area (TPSA) is 18.5 Å². The van der Waals surface area contributed by atoms with Crippen LogP contribution in [0, 0.1) is 0 Å². The van der Waals surface area contributed by atoms with Crippen molar-refractivity contribution in [2.75, 3.05) is 0 Å². The first-order valence-electron chi connectivity index (χ1n) is 7.20. The van der Waals surface area contributed by atoms with Crippen LogP contribution in [0.4, 0.5) is 0 Å². The molecular weight excluding hydrogens is 272 g/mol. The summed E-state index contributed by atoms with van der Waals surface area (Å²) in [6, 6.07) is 20.3. The summed E-state index contributed by atoms with van der Waals surface area (Å²) in [5, 5.41) is 0. The van der Waals surface area contributed by atoms with Gasteiger partial charge in [-0.25, -0.2) is 0 Å². The van der Waals surface area contributed by atoms with Gasteiger partial charge in [0.25, 0.3) is 0 Å². The van der Waals surface area contributed by atoms with Gasteiger partial charge in [0.2, 0.25) is 0 Å². The SMILES string of the molecule is C1=COC2=CC(c3ccccc3)=C(c3ccccc3)OC2=C1. The molecule has 2 aromatic rings. The van der Waals surface area contributed by atoms with Gasteiger partial charge >= 0.3 is 0 Å². The molecule has 0 spiro atoms. The molecule has 0 aromatic heterocycles. The molecule has 0 saturated carbocycles. The normalized spacial score (nSPS) is 16.2. The third-order valence-electron chi connectivity index (χ3n) is 3.62. The standard InChI is InChI=1S/C20H14O2/c1-3-8-15(9-4-1)17-14-19-18(12-7-13-21-19)22-20(17)16-10-5-2-6-11-16/h1-14H. The molecule has 0 aliphatic carbocycles. The summed E-state index contributed by atoms with van der Waals surface area (Å²) in [5.74, 6) is 2.32. The van der Waals surface area contributed by atoms with Crippen molar-refractivity contribution >= 4 is 11.3 Å². The zero-order valence-corrected chi connectivity index (χ0v) is 11.9. The molecule has 106 valence electrons. The fourth-order valence-corrected chi connectivity index (χ4v) is 2.57. The highest BCUT2D eigenvalue weighted by Gasteiger charge is 2.23. The Morgan fingerprint density at radius 1 is 0.682 bits per heavy atom. The number of rotatable bonds is 2. The van der Waals surface area contributed by atoms with Gasteiger partial charge in [0.1, 0.15) is 5.76 Å². The molecule has 0 unspecified atom stereocenters. The maximum Gasteiger partial charge on any atom is 0.170 e. The summed E-state index contributed by atoms with van der Waals surface area (Å²) >= 11 is 0. The summed E-state index contributed by atoms with van der Waals surface area (Å²) in [6.07, 6.45) is 7.45. The van der Waals surface area contributed by atoms with E-state index < -0.39 is 0 Å². The van der Waals surface area contributed by atoms with Crippen LogP contribution in [0.3, 0.4) is 0 Å². The highest BCUT2D eigenvalue weighted by molar-refractivity contribution is 5.95. The molecule has 2 aliphatic rings. The lowest BCUT2D eigenvalue weighted by Gasteiger charge is -2.24. The first-order chi connectivity index (χ1) is 10.9. The van der Waals surface area contributed by atoms with Crippen LogP contribution in [0.2, 0.25) is 0 Å². The average molecular weight is 286 g/mol. The minimum Gasteiger partial charge on any atom is -0.461 e. The molecule has 0 radical (unpaired) electrons. The van der Waals surface area contributed by atoms with Crippen molar-refractivity contribution < 1.29 is 9.47 Å². The fourth-order valence-electron chi connectivity index (χ4n) is 2.57. The molecule has 0 saturated heterocycles. The largest absolute Gasteiger partial charge is 0.461 e. The van der Waals surface area contributed by atoms with Crippen LogP contribution in [-0.4, -0.2) is 0 Å². The quantitative estimate of drug-likeness (QED) is 0.782. The van der Waals surface area contributed by atoms with Gasteiger partial charge in [-0.2, -0.15) is 0 Å². The second-order valence-corrected chi connectivity index (χ2v) is 5.06. The predicted molar refractivity (Wildman–Crippen MR) is 87.2 cm³/mol. The number of hydrogen-bond acceptors (Lipinski definition) is 2. The van der Waals surface area contributed by atoms with E-state index in [2.05, 4.69) is 24.3 Å². The van der Waals surface area contributed by atoms with Gasteiger partial charge in [0.15, 0.2) is 11.5 Å². The maximum absolute atomic E-state index is 6.14. The number of allylic oxidation sites excluding steroid dienone is 4. The molecule has 0 amide bonds. The van der Waals surface area contributed by atoms with E-state index in [0.717, 1.165) is 34.0 Å². The smallest absolute Gasteiger partial charge is 0.170 e. The zero-order chi connectivity index (χ0) is 14.8. The Morgan fingerprint density at radius 2 is 1.36 bits per heavy atom. The Kier molecular flexibility index (Phi) is 3.13. The van der Waals surface area contributed by atoms with Crippen molar-refractivity contribution in [3.63, 3.8) is 0 Å². The van der Waals surface area contributed by atoms with Crippen molar-refractivity contribution in [2.24, 2.45) is 0 Å². The Bertz CT molecular complexity index is 809. The third kappa shape index (κ3) is 2.25. The van der Waals surface area contributed by atoms with Crippen LogP contribution >= 0.6 is 0 Å². The minimum atomic E-state index is 0.737. The summed E-state index contributed by atoms with van der Waals surface area (Å²) in [7, 11) is 0. The van der Waals surface area contributed by atoms with Crippen LogP contribution in [0.5, 0.6) is 0 Å². The Morgan fingerprint density at radius 3 is 2.09 bits per heavy atom. The molecule has 22 heavy (non-hydrogen) atoms. The van der Waals surface area contributed by atoms with E-state index in [-0.39, 0.29) is 0 Å². The van der Waals surface area contributed by atoms with Gasteiger partial charge in [0, 0.05) is 11.1 Å². The van der Waals surface area contributed by atoms with Crippen molar-refractivity contribution in [3.05, 3.63) is 108 Å². The number of hydrogen-bond donors (Lipinski definition) is 0. The number of fused-ring (bicyclic) bond motifs is 1. The Balaban J connectivity index is 1.91. The highest BCUT2D eigenvalue weighted by Crippen LogP contribution is 2.38. The second-order valence-electron chi connectivity index (χ2n) is 5.06. The van der Waals surface area contributed by atoms with Crippen LogP contribution in [0.1, 0.15) is 11.1 Å². The van der Waals surface area contributed by atoms with Gasteiger partial charge in [0.05, 0.1) is 6.26 Å². The second kappa shape index (κ2) is 5.41. The average Bonchev–Trinajstić information content (AvgIpc) is 2.62. The van der Waals surface area contributed by atoms with E-state index >= 15 is 0 Å². The molecule has 2 nitrogen and oxygen atoms in total. The van der Waals surface area contributed by atoms with Crippen molar-refractivity contribution in [2.45, 2.75) is 0 Å². The monoisotopic (exact) mass is 286 g/mol. The van der Waals surface area contributed by atoms with Gasteiger partial charge in [-0.05, 0) is 23.8 Å². The molecular formula is C20H14O2. The predicted octanol–water partition coefficient (Wildman–Crippen LogP) is 4.90. The molecule has 2 aromatic carbocycles. The molecule has 0 fully saturated rings. The van der Waals surface area contributed by atoms with Gasteiger partial charge in [-0.1, -0.05) is 60.7 Å². The molecule has 2 heterocycles. The van der Waals surface area contributed by atoms with Gasteiger partial charge < -0.3 is 9.47 Å². The fraction of sp³-hybridized carbons (Fsp3) is 0. The lowest BCUT2D eigenvalue weighted by Crippen LogP contribution is -2.08. The van der Waals surface area contributed by atoms with Crippen LogP contribution in [0.15, 0.2) is 96.7 Å².